The molecule has 0 unspecified atom stereocenters. The summed E-state index contributed by atoms with van der Waals surface area (Å²) < 4.78 is 5.88. The van der Waals surface area contributed by atoms with Crippen LogP contribution in [0.3, 0.4) is 0 Å². The summed E-state index contributed by atoms with van der Waals surface area (Å²) in [7, 11) is 0. The van der Waals surface area contributed by atoms with Crippen molar-refractivity contribution in [3.63, 3.8) is 0 Å². The Balaban J connectivity index is 1.62. The maximum atomic E-state index is 9.47. The lowest BCUT2D eigenvalue weighted by atomic mass is 9.97. The Labute approximate surface area is 145 Å². The monoisotopic (exact) mass is 333 g/mol. The van der Waals surface area contributed by atoms with Crippen molar-refractivity contribution in [2.24, 2.45) is 5.92 Å². The maximum absolute atomic E-state index is 9.47. The van der Waals surface area contributed by atoms with E-state index in [4.69, 9.17) is 4.74 Å². The highest BCUT2D eigenvalue weighted by Crippen LogP contribution is 2.35. The standard InChI is InChI=1S/C19H19N5O/c1-12-2-3-17-16(6-12)18(14(7-20)9-21-17)22-8-13-4-5-25-19(13)15-10-23-24-11-15/h2-3,6,9-11,13,19H,4-5,8H2,1H3,(H,21,22)(H,23,24)/t13-,19+/m1/s1. The molecule has 126 valence electrons. The largest absolute Gasteiger partial charge is 0.383 e. The molecule has 1 fully saturated rings. The Kier molecular flexibility index (Phi) is 4.08. The average Bonchev–Trinajstić information content (AvgIpc) is 3.30. The van der Waals surface area contributed by atoms with E-state index in [0.717, 1.165) is 47.3 Å². The number of nitrogens with zero attached hydrogens (tertiary/aromatic N) is 3. The van der Waals surface area contributed by atoms with Crippen LogP contribution in [0.15, 0.2) is 36.8 Å². The number of nitrogens with one attached hydrogen (secondary N) is 2. The van der Waals surface area contributed by atoms with E-state index < -0.39 is 0 Å². The van der Waals surface area contributed by atoms with Crippen LogP contribution in [-0.4, -0.2) is 28.3 Å². The quantitative estimate of drug-likeness (QED) is 0.765. The van der Waals surface area contributed by atoms with Crippen molar-refractivity contribution in [3.8, 4) is 6.07 Å². The number of fused-ring (bicyclic) bond motifs is 1. The molecular formula is C19H19N5O. The van der Waals surface area contributed by atoms with Crippen molar-refractivity contribution in [1.82, 2.24) is 15.2 Å². The van der Waals surface area contributed by atoms with Gasteiger partial charge in [0.2, 0.25) is 0 Å². The van der Waals surface area contributed by atoms with Crippen LogP contribution < -0.4 is 5.32 Å². The third kappa shape index (κ3) is 2.94. The first-order valence-electron chi connectivity index (χ1n) is 8.40. The highest BCUT2D eigenvalue weighted by molar-refractivity contribution is 5.94. The third-order valence-electron chi connectivity index (χ3n) is 4.75. The number of anilines is 1. The molecule has 1 saturated heterocycles. The normalized spacial score (nSPS) is 19.8. The van der Waals surface area contributed by atoms with Gasteiger partial charge in [0.25, 0.3) is 0 Å². The van der Waals surface area contributed by atoms with Crippen LogP contribution in [0.2, 0.25) is 0 Å². The Morgan fingerprint density at radius 3 is 3.12 bits per heavy atom. The summed E-state index contributed by atoms with van der Waals surface area (Å²) in [5, 5.41) is 20.8. The number of pyridine rings is 1. The summed E-state index contributed by atoms with van der Waals surface area (Å²) in [6, 6.07) is 8.35. The highest BCUT2D eigenvalue weighted by Gasteiger charge is 2.30. The molecule has 1 aliphatic rings. The number of hydrogen-bond donors (Lipinski definition) is 2. The summed E-state index contributed by atoms with van der Waals surface area (Å²) in [5.74, 6) is 0.331. The molecule has 0 amide bonds. The SMILES string of the molecule is Cc1ccc2ncc(C#N)c(NC[C@H]3CCO[C@@H]3c3cn[nH]c3)c2c1. The Morgan fingerprint density at radius 1 is 1.40 bits per heavy atom. The number of ether oxygens (including phenoxy) is 1. The molecule has 3 heterocycles. The number of aryl methyl sites for hydroxylation is 1. The molecule has 0 saturated carbocycles. The molecule has 1 aliphatic heterocycles. The molecule has 0 aliphatic carbocycles. The van der Waals surface area contributed by atoms with Crippen molar-refractivity contribution in [3.05, 3.63) is 53.5 Å². The van der Waals surface area contributed by atoms with Gasteiger partial charge in [-0.15, -0.1) is 0 Å². The van der Waals surface area contributed by atoms with Gasteiger partial charge < -0.3 is 10.1 Å². The average molecular weight is 333 g/mol. The second-order valence-corrected chi connectivity index (χ2v) is 6.43. The van der Waals surface area contributed by atoms with E-state index >= 15 is 0 Å². The minimum atomic E-state index is 0.0339. The van der Waals surface area contributed by atoms with Gasteiger partial charge >= 0.3 is 0 Å². The first-order chi connectivity index (χ1) is 12.3. The van der Waals surface area contributed by atoms with Crippen LogP contribution in [0.25, 0.3) is 10.9 Å². The predicted octanol–water partition coefficient (Wildman–Crippen LogP) is 3.33. The van der Waals surface area contributed by atoms with E-state index in [9.17, 15) is 5.26 Å². The van der Waals surface area contributed by atoms with Gasteiger partial charge in [-0.2, -0.15) is 10.4 Å². The summed E-state index contributed by atoms with van der Waals surface area (Å²) in [5.41, 5.74) is 4.53. The Morgan fingerprint density at radius 2 is 2.32 bits per heavy atom. The van der Waals surface area contributed by atoms with Gasteiger partial charge in [-0.25, -0.2) is 0 Å². The highest BCUT2D eigenvalue weighted by atomic mass is 16.5. The van der Waals surface area contributed by atoms with Crippen LogP contribution in [0.4, 0.5) is 5.69 Å². The van der Waals surface area contributed by atoms with E-state index in [1.54, 1.807) is 6.20 Å². The van der Waals surface area contributed by atoms with Crippen LogP contribution in [-0.2, 0) is 4.74 Å². The molecule has 1 aromatic carbocycles. The minimum absolute atomic E-state index is 0.0339. The third-order valence-corrected chi connectivity index (χ3v) is 4.75. The fraction of sp³-hybridized carbons (Fsp3) is 0.316. The maximum Gasteiger partial charge on any atom is 0.103 e. The summed E-state index contributed by atoms with van der Waals surface area (Å²) in [6.07, 6.45) is 6.35. The number of hydrogen-bond acceptors (Lipinski definition) is 5. The van der Waals surface area contributed by atoms with Crippen molar-refractivity contribution in [2.45, 2.75) is 19.4 Å². The van der Waals surface area contributed by atoms with Gasteiger partial charge in [0.05, 0.1) is 29.1 Å². The van der Waals surface area contributed by atoms with Crippen molar-refractivity contribution in [2.75, 3.05) is 18.5 Å². The van der Waals surface area contributed by atoms with Gasteiger partial charge in [-0.05, 0) is 25.5 Å². The van der Waals surface area contributed by atoms with Crippen LogP contribution >= 0.6 is 0 Å². The number of aromatic amines is 1. The molecule has 6 nitrogen and oxygen atoms in total. The summed E-state index contributed by atoms with van der Waals surface area (Å²) >= 11 is 0. The van der Waals surface area contributed by atoms with Crippen LogP contribution in [0, 0.1) is 24.2 Å². The number of aromatic nitrogens is 3. The molecule has 6 heteroatoms. The minimum Gasteiger partial charge on any atom is -0.383 e. The van der Waals surface area contributed by atoms with E-state index in [-0.39, 0.29) is 6.10 Å². The zero-order valence-electron chi connectivity index (χ0n) is 14.0. The fourth-order valence-corrected chi connectivity index (χ4v) is 3.44. The smallest absolute Gasteiger partial charge is 0.103 e. The molecule has 2 N–H and O–H groups in total. The van der Waals surface area contributed by atoms with Crippen molar-refractivity contribution in [1.29, 1.82) is 5.26 Å². The number of rotatable bonds is 4. The lowest BCUT2D eigenvalue weighted by Gasteiger charge is -2.19. The topological polar surface area (TPSA) is 86.6 Å². The van der Waals surface area contributed by atoms with E-state index in [2.05, 4.69) is 32.6 Å². The summed E-state index contributed by atoms with van der Waals surface area (Å²) in [6.45, 7) is 3.52. The second-order valence-electron chi connectivity index (χ2n) is 6.43. The first kappa shape index (κ1) is 15.6. The Hall–Kier alpha value is -2.91. The zero-order chi connectivity index (χ0) is 17.2. The van der Waals surface area contributed by atoms with E-state index in [1.165, 1.54) is 0 Å². The lowest BCUT2D eigenvalue weighted by Crippen LogP contribution is -2.18. The van der Waals surface area contributed by atoms with E-state index in [0.29, 0.717) is 11.5 Å². The van der Waals surface area contributed by atoms with Crippen LogP contribution in [0.1, 0.15) is 29.2 Å². The van der Waals surface area contributed by atoms with Gasteiger partial charge in [0.1, 0.15) is 6.07 Å². The number of nitriles is 1. The molecule has 25 heavy (non-hydrogen) atoms. The van der Waals surface area contributed by atoms with Gasteiger partial charge in [-0.3, -0.25) is 10.1 Å². The molecule has 0 spiro atoms. The molecule has 0 bridgehead atoms. The lowest BCUT2D eigenvalue weighted by molar-refractivity contribution is 0.0933. The Bertz CT molecular complexity index is 929. The van der Waals surface area contributed by atoms with Crippen molar-refractivity contribution < 1.29 is 4.74 Å². The molecular weight excluding hydrogens is 314 g/mol. The van der Waals surface area contributed by atoms with Crippen LogP contribution in [0.5, 0.6) is 0 Å². The predicted molar refractivity (Wildman–Crippen MR) is 95.1 cm³/mol. The molecule has 2 atom stereocenters. The fourth-order valence-electron chi connectivity index (χ4n) is 3.44. The van der Waals surface area contributed by atoms with Gasteiger partial charge in [-0.1, -0.05) is 11.6 Å². The van der Waals surface area contributed by atoms with E-state index in [1.807, 2.05) is 31.5 Å². The molecule has 4 rings (SSSR count). The first-order valence-corrected chi connectivity index (χ1v) is 8.40. The van der Waals surface area contributed by atoms with Crippen molar-refractivity contribution >= 4 is 16.6 Å². The zero-order valence-corrected chi connectivity index (χ0v) is 14.0. The van der Waals surface area contributed by atoms with Gasteiger partial charge in [0.15, 0.2) is 0 Å². The molecule has 0 radical (unpaired) electrons. The van der Waals surface area contributed by atoms with Gasteiger partial charge in [0, 0.05) is 42.4 Å². The second kappa shape index (κ2) is 6.54. The number of benzene rings is 1. The summed E-state index contributed by atoms with van der Waals surface area (Å²) in [4.78, 5) is 4.39. The molecule has 2 aromatic heterocycles. The number of H-pyrrole nitrogens is 1. The molecule has 3 aromatic rings.